The molecule has 1 heterocycles. The Morgan fingerprint density at radius 1 is 1.07 bits per heavy atom. The van der Waals surface area contributed by atoms with Gasteiger partial charge < -0.3 is 4.74 Å². The van der Waals surface area contributed by atoms with Gasteiger partial charge in [0.15, 0.2) is 0 Å². The molecule has 0 radical (unpaired) electrons. The number of amides is 2. The van der Waals surface area contributed by atoms with Gasteiger partial charge in [0.05, 0.1) is 18.0 Å². The first-order valence-corrected chi connectivity index (χ1v) is 9.52. The van der Waals surface area contributed by atoms with E-state index in [-0.39, 0.29) is 31.5 Å². The number of carbonyl (C=O) groups is 3. The third kappa shape index (κ3) is 4.54. The summed E-state index contributed by atoms with van der Waals surface area (Å²) in [6, 6.07) is 13.2. The van der Waals surface area contributed by atoms with E-state index in [1.807, 2.05) is 56.3 Å². The maximum atomic E-state index is 12.9. The molecule has 2 amide bonds. The second-order valence-corrected chi connectivity index (χ2v) is 6.88. The molecule has 0 saturated carbocycles. The molecule has 0 spiro atoms. The molecule has 6 heteroatoms. The standard InChI is InChI=1S/C23H24N2O4/c1-4-29-23(28)15-25-20-13-17(3)16(2)12-19(20)24(14-22(25)27)21(26)11-10-18-8-6-5-7-9-18/h5-13H,4,14-15H2,1-3H3/b11-10+. The van der Waals surface area contributed by atoms with E-state index < -0.39 is 5.97 Å². The van der Waals surface area contributed by atoms with Gasteiger partial charge in [-0.25, -0.2) is 0 Å². The van der Waals surface area contributed by atoms with Crippen molar-refractivity contribution in [3.05, 3.63) is 65.2 Å². The second kappa shape index (κ2) is 8.73. The molecule has 0 unspecified atom stereocenters. The van der Waals surface area contributed by atoms with Gasteiger partial charge in [-0.2, -0.15) is 0 Å². The summed E-state index contributed by atoms with van der Waals surface area (Å²) in [4.78, 5) is 40.5. The number of benzene rings is 2. The van der Waals surface area contributed by atoms with Crippen LogP contribution in [-0.2, 0) is 19.1 Å². The zero-order valence-electron chi connectivity index (χ0n) is 16.8. The molecule has 2 aromatic rings. The van der Waals surface area contributed by atoms with Crippen molar-refractivity contribution in [3.8, 4) is 0 Å². The first-order chi connectivity index (χ1) is 13.9. The van der Waals surface area contributed by atoms with Crippen LogP contribution in [0.3, 0.4) is 0 Å². The highest BCUT2D eigenvalue weighted by molar-refractivity contribution is 6.15. The molecule has 29 heavy (non-hydrogen) atoms. The van der Waals surface area contributed by atoms with Gasteiger partial charge in [-0.3, -0.25) is 24.2 Å². The highest BCUT2D eigenvalue weighted by Crippen LogP contribution is 2.36. The summed E-state index contributed by atoms with van der Waals surface area (Å²) in [6.45, 7) is 5.53. The molecule has 0 aromatic heterocycles. The van der Waals surface area contributed by atoms with Crippen molar-refractivity contribution in [3.63, 3.8) is 0 Å². The quantitative estimate of drug-likeness (QED) is 0.579. The number of anilines is 2. The molecular formula is C23H24N2O4. The Hall–Kier alpha value is -3.41. The van der Waals surface area contributed by atoms with Gasteiger partial charge in [-0.1, -0.05) is 30.3 Å². The third-order valence-electron chi connectivity index (χ3n) is 4.84. The Balaban J connectivity index is 1.94. The average molecular weight is 392 g/mol. The van der Waals surface area contributed by atoms with Crippen molar-refractivity contribution in [1.82, 2.24) is 0 Å². The van der Waals surface area contributed by atoms with Crippen molar-refractivity contribution < 1.29 is 19.1 Å². The van der Waals surface area contributed by atoms with Gasteiger partial charge in [0.2, 0.25) is 5.91 Å². The largest absolute Gasteiger partial charge is 0.465 e. The van der Waals surface area contributed by atoms with E-state index in [1.165, 1.54) is 15.9 Å². The molecule has 0 aliphatic carbocycles. The van der Waals surface area contributed by atoms with Crippen molar-refractivity contribution >= 4 is 35.2 Å². The maximum Gasteiger partial charge on any atom is 0.326 e. The number of ether oxygens (including phenoxy) is 1. The van der Waals surface area contributed by atoms with Crippen LogP contribution < -0.4 is 9.80 Å². The minimum absolute atomic E-state index is 0.132. The van der Waals surface area contributed by atoms with Crippen molar-refractivity contribution in [2.75, 3.05) is 29.5 Å². The molecule has 1 aliphatic rings. The van der Waals surface area contributed by atoms with Crippen molar-refractivity contribution in [2.24, 2.45) is 0 Å². The van der Waals surface area contributed by atoms with Gasteiger partial charge in [-0.15, -0.1) is 0 Å². The highest BCUT2D eigenvalue weighted by Gasteiger charge is 2.33. The van der Waals surface area contributed by atoms with Gasteiger partial charge in [0, 0.05) is 6.08 Å². The predicted octanol–water partition coefficient (Wildman–Crippen LogP) is 3.26. The van der Waals surface area contributed by atoms with Crippen LogP contribution in [0.25, 0.3) is 6.08 Å². The summed E-state index contributed by atoms with van der Waals surface area (Å²) in [7, 11) is 0. The minimum Gasteiger partial charge on any atom is -0.465 e. The summed E-state index contributed by atoms with van der Waals surface area (Å²) in [5.41, 5.74) is 4.02. The smallest absolute Gasteiger partial charge is 0.326 e. The number of hydrogen-bond acceptors (Lipinski definition) is 4. The number of nitrogens with zero attached hydrogens (tertiary/aromatic N) is 2. The molecule has 150 valence electrons. The fraction of sp³-hybridized carbons (Fsp3) is 0.261. The number of fused-ring (bicyclic) bond motifs is 1. The normalized spacial score (nSPS) is 13.6. The van der Waals surface area contributed by atoms with Crippen molar-refractivity contribution in [1.29, 1.82) is 0 Å². The molecule has 6 nitrogen and oxygen atoms in total. The Morgan fingerprint density at radius 3 is 2.38 bits per heavy atom. The van der Waals surface area contributed by atoms with Gasteiger partial charge >= 0.3 is 5.97 Å². The molecule has 0 saturated heterocycles. The monoisotopic (exact) mass is 392 g/mol. The van der Waals surface area contributed by atoms with E-state index in [0.717, 1.165) is 16.7 Å². The van der Waals surface area contributed by atoms with Gasteiger partial charge in [0.25, 0.3) is 5.91 Å². The Morgan fingerprint density at radius 2 is 1.72 bits per heavy atom. The number of esters is 1. The average Bonchev–Trinajstić information content (AvgIpc) is 2.70. The zero-order chi connectivity index (χ0) is 21.0. The predicted molar refractivity (Wildman–Crippen MR) is 113 cm³/mol. The number of carbonyl (C=O) groups excluding carboxylic acids is 3. The SMILES string of the molecule is CCOC(=O)CN1C(=O)CN(C(=O)/C=C/c2ccccc2)c2cc(C)c(C)cc21. The molecule has 3 rings (SSSR count). The van der Waals surface area contributed by atoms with Crippen LogP contribution in [0, 0.1) is 13.8 Å². The van der Waals surface area contributed by atoms with E-state index in [0.29, 0.717) is 11.4 Å². The third-order valence-corrected chi connectivity index (χ3v) is 4.84. The first-order valence-electron chi connectivity index (χ1n) is 9.52. The summed E-state index contributed by atoms with van der Waals surface area (Å²) in [5.74, 6) is -1.09. The van der Waals surface area contributed by atoms with Gasteiger partial charge in [-0.05, 0) is 55.7 Å². The van der Waals surface area contributed by atoms with Crippen LogP contribution in [0.4, 0.5) is 11.4 Å². The lowest BCUT2D eigenvalue weighted by atomic mass is 10.0. The fourth-order valence-electron chi connectivity index (χ4n) is 3.19. The molecule has 1 aliphatic heterocycles. The van der Waals surface area contributed by atoms with Crippen LogP contribution in [0.1, 0.15) is 23.6 Å². The van der Waals surface area contributed by atoms with E-state index in [4.69, 9.17) is 4.74 Å². The lowest BCUT2D eigenvalue weighted by Gasteiger charge is -2.36. The number of hydrogen-bond donors (Lipinski definition) is 0. The zero-order valence-corrected chi connectivity index (χ0v) is 16.8. The number of aryl methyl sites for hydroxylation is 2. The summed E-state index contributed by atoms with van der Waals surface area (Å²) < 4.78 is 5.00. The van der Waals surface area contributed by atoms with Crippen LogP contribution in [0.5, 0.6) is 0 Å². The van der Waals surface area contributed by atoms with E-state index >= 15 is 0 Å². The van der Waals surface area contributed by atoms with Gasteiger partial charge in [0.1, 0.15) is 13.1 Å². The van der Waals surface area contributed by atoms with Crippen LogP contribution in [0.15, 0.2) is 48.5 Å². The lowest BCUT2D eigenvalue weighted by Crippen LogP contribution is -2.49. The molecule has 0 bridgehead atoms. The second-order valence-electron chi connectivity index (χ2n) is 6.88. The highest BCUT2D eigenvalue weighted by atomic mass is 16.5. The summed E-state index contributed by atoms with van der Waals surface area (Å²) >= 11 is 0. The summed E-state index contributed by atoms with van der Waals surface area (Å²) in [6.07, 6.45) is 3.18. The topological polar surface area (TPSA) is 66.9 Å². The van der Waals surface area contributed by atoms with Crippen molar-refractivity contribution in [2.45, 2.75) is 20.8 Å². The Labute approximate surface area is 170 Å². The van der Waals surface area contributed by atoms with E-state index in [2.05, 4.69) is 0 Å². The molecule has 0 N–H and O–H groups in total. The molecular weight excluding hydrogens is 368 g/mol. The summed E-state index contributed by atoms with van der Waals surface area (Å²) in [5, 5.41) is 0. The van der Waals surface area contributed by atoms with E-state index in [1.54, 1.807) is 13.0 Å². The Bertz CT molecular complexity index is 966. The van der Waals surface area contributed by atoms with Crippen LogP contribution in [-0.4, -0.2) is 37.5 Å². The maximum absolute atomic E-state index is 12.9. The lowest BCUT2D eigenvalue weighted by molar-refractivity contribution is -0.142. The van der Waals surface area contributed by atoms with Crippen LogP contribution >= 0.6 is 0 Å². The molecule has 0 atom stereocenters. The van der Waals surface area contributed by atoms with E-state index in [9.17, 15) is 14.4 Å². The molecule has 2 aromatic carbocycles. The first kappa shape index (κ1) is 20.3. The minimum atomic E-state index is -0.478. The molecule has 0 fully saturated rings. The van der Waals surface area contributed by atoms with Crippen LogP contribution in [0.2, 0.25) is 0 Å². The fourth-order valence-corrected chi connectivity index (χ4v) is 3.19. The number of rotatable bonds is 5. The Kier molecular flexibility index (Phi) is 6.12.